The minimum absolute atomic E-state index is 0.0556. The van der Waals surface area contributed by atoms with E-state index in [9.17, 15) is 12.8 Å². The average molecular weight is 273 g/mol. The van der Waals surface area contributed by atoms with Gasteiger partial charge in [-0.2, -0.15) is 0 Å². The average Bonchev–Trinajstić information content (AvgIpc) is 2.31. The van der Waals surface area contributed by atoms with Crippen LogP contribution in [0.2, 0.25) is 0 Å². The van der Waals surface area contributed by atoms with Gasteiger partial charge in [0.15, 0.2) is 9.84 Å². The van der Waals surface area contributed by atoms with Crippen molar-refractivity contribution in [2.24, 2.45) is 0 Å². The van der Waals surface area contributed by atoms with Crippen molar-refractivity contribution >= 4 is 9.84 Å². The number of rotatable bonds is 6. The van der Waals surface area contributed by atoms with Gasteiger partial charge in [-0.25, -0.2) is 12.8 Å². The first-order chi connectivity index (χ1) is 8.34. The third kappa shape index (κ3) is 4.74. The Morgan fingerprint density at radius 1 is 1.28 bits per heavy atom. The first-order valence-electron chi connectivity index (χ1n) is 5.99. The molecule has 1 aromatic rings. The fraction of sp³-hybridized carbons (Fsp3) is 0.538. The van der Waals surface area contributed by atoms with Crippen LogP contribution in [0, 0.1) is 5.82 Å². The molecule has 0 saturated heterocycles. The lowest BCUT2D eigenvalue weighted by molar-refractivity contribution is 0.267. The van der Waals surface area contributed by atoms with E-state index in [0.717, 1.165) is 5.56 Å². The summed E-state index contributed by atoms with van der Waals surface area (Å²) in [6.45, 7) is 4.15. The molecule has 0 aliphatic heterocycles. The van der Waals surface area contributed by atoms with Crippen LogP contribution in [0.3, 0.4) is 0 Å². The molecule has 18 heavy (non-hydrogen) atoms. The smallest absolute Gasteiger partial charge is 0.151 e. The first kappa shape index (κ1) is 15.1. The van der Waals surface area contributed by atoms with Crippen LogP contribution in [0.15, 0.2) is 24.3 Å². The molecule has 0 aliphatic rings. The van der Waals surface area contributed by atoms with Gasteiger partial charge in [-0.15, -0.1) is 0 Å². The summed E-state index contributed by atoms with van der Waals surface area (Å²) in [7, 11) is -1.09. The Kier molecular flexibility index (Phi) is 5.28. The summed E-state index contributed by atoms with van der Waals surface area (Å²) in [4.78, 5) is 1.96. The second-order valence-corrected chi connectivity index (χ2v) is 6.99. The standard InChI is InChI=1S/C13H20FNO2S/c1-4-18(16,17)10-11(2)15(3)9-12-5-7-13(14)8-6-12/h5-8,11H,4,9-10H2,1-3H3. The van der Waals surface area contributed by atoms with Crippen LogP contribution in [0.4, 0.5) is 4.39 Å². The summed E-state index contributed by atoms with van der Waals surface area (Å²) in [5.74, 6) is 0.0612. The van der Waals surface area contributed by atoms with Crippen LogP contribution in [0.1, 0.15) is 19.4 Å². The second kappa shape index (κ2) is 6.29. The Morgan fingerprint density at radius 2 is 1.83 bits per heavy atom. The van der Waals surface area contributed by atoms with Crippen molar-refractivity contribution in [1.29, 1.82) is 0 Å². The van der Waals surface area contributed by atoms with E-state index in [0.29, 0.717) is 6.54 Å². The summed E-state index contributed by atoms with van der Waals surface area (Å²) < 4.78 is 35.8. The SMILES string of the molecule is CCS(=O)(=O)CC(C)N(C)Cc1ccc(F)cc1. The van der Waals surface area contributed by atoms with Gasteiger partial charge in [-0.05, 0) is 31.7 Å². The molecule has 1 unspecified atom stereocenters. The Morgan fingerprint density at radius 3 is 2.33 bits per heavy atom. The van der Waals surface area contributed by atoms with Gasteiger partial charge in [0.25, 0.3) is 0 Å². The highest BCUT2D eigenvalue weighted by atomic mass is 32.2. The van der Waals surface area contributed by atoms with Crippen molar-refractivity contribution in [3.8, 4) is 0 Å². The molecular weight excluding hydrogens is 253 g/mol. The van der Waals surface area contributed by atoms with Gasteiger partial charge in [-0.3, -0.25) is 4.90 Å². The van der Waals surface area contributed by atoms with Gasteiger partial charge in [0.05, 0.1) is 5.75 Å². The van der Waals surface area contributed by atoms with Crippen LogP contribution in [-0.2, 0) is 16.4 Å². The van der Waals surface area contributed by atoms with E-state index in [1.54, 1.807) is 19.1 Å². The molecule has 0 N–H and O–H groups in total. The normalized spacial score (nSPS) is 13.8. The topological polar surface area (TPSA) is 37.4 Å². The van der Waals surface area contributed by atoms with Crippen molar-refractivity contribution in [3.05, 3.63) is 35.6 Å². The number of halogens is 1. The molecule has 1 atom stereocenters. The largest absolute Gasteiger partial charge is 0.298 e. The van der Waals surface area contributed by atoms with E-state index < -0.39 is 9.84 Å². The Balaban J connectivity index is 2.60. The van der Waals surface area contributed by atoms with Crippen LogP contribution in [0.25, 0.3) is 0 Å². The highest BCUT2D eigenvalue weighted by Gasteiger charge is 2.17. The first-order valence-corrected chi connectivity index (χ1v) is 7.81. The molecule has 1 aromatic carbocycles. The van der Waals surface area contributed by atoms with Gasteiger partial charge in [0.1, 0.15) is 5.82 Å². The third-order valence-corrected chi connectivity index (χ3v) is 4.90. The summed E-state index contributed by atoms with van der Waals surface area (Å²) in [5.41, 5.74) is 0.972. The minimum Gasteiger partial charge on any atom is -0.298 e. The van der Waals surface area contributed by atoms with Gasteiger partial charge in [0.2, 0.25) is 0 Å². The maximum atomic E-state index is 12.8. The van der Waals surface area contributed by atoms with Gasteiger partial charge in [-0.1, -0.05) is 19.1 Å². The maximum absolute atomic E-state index is 12.8. The predicted molar refractivity (Wildman–Crippen MR) is 71.7 cm³/mol. The van der Waals surface area contributed by atoms with Crippen LogP contribution in [0.5, 0.6) is 0 Å². The summed E-state index contributed by atoms with van der Waals surface area (Å²) in [5, 5.41) is 0. The molecule has 0 saturated carbocycles. The van der Waals surface area contributed by atoms with Crippen molar-refractivity contribution in [2.45, 2.75) is 26.4 Å². The fourth-order valence-corrected chi connectivity index (χ4v) is 2.87. The summed E-state index contributed by atoms with van der Waals surface area (Å²) in [6, 6.07) is 6.20. The van der Waals surface area contributed by atoms with Crippen LogP contribution < -0.4 is 0 Å². The van der Waals surface area contributed by atoms with E-state index in [4.69, 9.17) is 0 Å². The predicted octanol–water partition coefficient (Wildman–Crippen LogP) is 2.08. The second-order valence-electron chi connectivity index (χ2n) is 4.59. The van der Waals surface area contributed by atoms with Gasteiger partial charge >= 0.3 is 0 Å². The summed E-state index contributed by atoms with van der Waals surface area (Å²) in [6.07, 6.45) is 0. The molecule has 0 fully saturated rings. The zero-order valence-corrected chi connectivity index (χ0v) is 11.9. The molecule has 0 amide bonds. The molecule has 0 aliphatic carbocycles. The highest BCUT2D eigenvalue weighted by Crippen LogP contribution is 2.09. The van der Waals surface area contributed by atoms with E-state index in [1.807, 2.05) is 18.9 Å². The molecule has 0 heterocycles. The van der Waals surface area contributed by atoms with Crippen LogP contribution in [-0.4, -0.2) is 37.9 Å². The van der Waals surface area contributed by atoms with Crippen molar-refractivity contribution < 1.29 is 12.8 Å². The lowest BCUT2D eigenvalue weighted by Crippen LogP contribution is -2.35. The number of benzene rings is 1. The van der Waals surface area contributed by atoms with E-state index in [2.05, 4.69) is 0 Å². The molecule has 0 spiro atoms. The molecule has 3 nitrogen and oxygen atoms in total. The molecule has 0 radical (unpaired) electrons. The van der Waals surface area contributed by atoms with Crippen molar-refractivity contribution in [3.63, 3.8) is 0 Å². The minimum atomic E-state index is -2.96. The third-order valence-electron chi connectivity index (χ3n) is 3.03. The fourth-order valence-electron chi connectivity index (χ4n) is 1.65. The van der Waals surface area contributed by atoms with Crippen molar-refractivity contribution in [2.75, 3.05) is 18.6 Å². The molecule has 0 bridgehead atoms. The molecular formula is C13H20FNO2S. The maximum Gasteiger partial charge on any atom is 0.151 e. The number of hydrogen-bond donors (Lipinski definition) is 0. The number of hydrogen-bond acceptors (Lipinski definition) is 3. The lowest BCUT2D eigenvalue weighted by Gasteiger charge is -2.24. The number of sulfone groups is 1. The Bertz CT molecular complexity index is 470. The number of nitrogens with zero attached hydrogens (tertiary/aromatic N) is 1. The molecule has 102 valence electrons. The van der Waals surface area contributed by atoms with Gasteiger partial charge in [0, 0.05) is 18.3 Å². The summed E-state index contributed by atoms with van der Waals surface area (Å²) >= 11 is 0. The Hall–Kier alpha value is -0.940. The quantitative estimate of drug-likeness (QED) is 0.796. The van der Waals surface area contributed by atoms with Gasteiger partial charge < -0.3 is 0 Å². The molecule has 0 aromatic heterocycles. The van der Waals surface area contributed by atoms with Crippen molar-refractivity contribution in [1.82, 2.24) is 4.90 Å². The zero-order valence-electron chi connectivity index (χ0n) is 11.1. The molecule has 5 heteroatoms. The molecule has 1 rings (SSSR count). The van der Waals surface area contributed by atoms with E-state index >= 15 is 0 Å². The zero-order chi connectivity index (χ0) is 13.8. The lowest BCUT2D eigenvalue weighted by atomic mass is 10.2. The van der Waals surface area contributed by atoms with Crippen LogP contribution >= 0.6 is 0 Å². The monoisotopic (exact) mass is 273 g/mol. The van der Waals surface area contributed by atoms with E-state index in [-0.39, 0.29) is 23.4 Å². The Labute approximate surface area is 109 Å². The highest BCUT2D eigenvalue weighted by molar-refractivity contribution is 7.91. The van der Waals surface area contributed by atoms with E-state index in [1.165, 1.54) is 12.1 Å².